The molecule has 0 bridgehead atoms. The summed E-state index contributed by atoms with van der Waals surface area (Å²) < 4.78 is 0. The van der Waals surface area contributed by atoms with E-state index in [1.165, 1.54) is 70.0 Å². The van der Waals surface area contributed by atoms with Gasteiger partial charge in [-0.25, -0.2) is 0 Å². The lowest BCUT2D eigenvalue weighted by Gasteiger charge is -2.25. The number of nitrogens with zero attached hydrogens (tertiary/aromatic N) is 3. The van der Waals surface area contributed by atoms with Crippen molar-refractivity contribution in [1.29, 1.82) is 0 Å². The number of fused-ring (bicyclic) bond motifs is 5. The van der Waals surface area contributed by atoms with Crippen LogP contribution < -0.4 is 25.3 Å². The van der Waals surface area contributed by atoms with Gasteiger partial charge in [-0.05, 0) is 101 Å². The largest absolute Gasteiger partial charge is 0.384 e. The Balaban J connectivity index is 0.000000133. The fraction of sp³-hybridized carbons (Fsp3) is 0.466. The predicted octanol–water partition coefficient (Wildman–Crippen LogP) is 13.5. The molecule has 5 aromatic carbocycles. The zero-order valence-corrected chi connectivity index (χ0v) is 41.4. The average Bonchev–Trinajstić information content (AvgIpc) is 4.11. The van der Waals surface area contributed by atoms with E-state index in [1.807, 2.05) is 25.2 Å². The molecule has 0 radical (unpaired) electrons. The second kappa shape index (κ2) is 21.6. The normalized spacial score (nSPS) is 20.8. The molecule has 0 saturated heterocycles. The summed E-state index contributed by atoms with van der Waals surface area (Å²) in [5.74, 6) is 5.01. The van der Waals surface area contributed by atoms with Crippen molar-refractivity contribution in [1.82, 2.24) is 0 Å². The molecule has 64 heavy (non-hydrogen) atoms. The minimum Gasteiger partial charge on any atom is -0.384 e. The fourth-order valence-electron chi connectivity index (χ4n) is 10.3. The standard InChI is InChI=1S/C12H15NO.2C12H17N.2C11H15N/c1-8(2)11-9-6-4-5-7-10(9)13(3)12(11)14;1-9(2)11-8-13(3)12-7-5-4-6-10(11)12;1-9(2)12-8-10-6-4-5-7-11(10)13(12)3;1-8(2)10-7-12-11-6-4-3-5-9(10)11;1-8(2)11-7-9-5-3-4-6-10(9)12-11/h4-8,11H,1-3H3;4-7,9,11H,8H2,1-3H3;4-7,9,12H,8H2,1-3H3;3-6,8,10,12H,7H2,1-2H3;3-6,8,11-12H,7H2,1-2H3. The van der Waals surface area contributed by atoms with Crippen LogP contribution in [0.15, 0.2) is 121 Å². The summed E-state index contributed by atoms with van der Waals surface area (Å²) in [6.45, 7) is 24.8. The topological polar surface area (TPSA) is 50.9 Å². The van der Waals surface area contributed by atoms with Crippen molar-refractivity contribution >= 4 is 34.3 Å². The van der Waals surface area contributed by atoms with Gasteiger partial charge in [0.05, 0.1) is 5.92 Å². The van der Waals surface area contributed by atoms with Crippen molar-refractivity contribution in [2.75, 3.05) is 59.6 Å². The number of carbonyl (C=O) groups excluding carboxylic acids is 1. The lowest BCUT2D eigenvalue weighted by atomic mass is 9.90. The molecule has 0 aromatic heterocycles. The molecule has 342 valence electrons. The molecule has 0 fully saturated rings. The smallest absolute Gasteiger partial charge is 0.234 e. The minimum atomic E-state index is 0.0520. The Labute approximate surface area is 387 Å². The number of likely N-dealkylation sites (N-methyl/N-ethyl adjacent to an activating group) is 3. The molecule has 0 saturated carbocycles. The number of carbonyl (C=O) groups is 1. The van der Waals surface area contributed by atoms with Crippen molar-refractivity contribution in [3.63, 3.8) is 0 Å². The number of benzene rings is 5. The first kappa shape index (κ1) is 48.2. The Hall–Kier alpha value is -5.23. The highest BCUT2D eigenvalue weighted by Gasteiger charge is 2.36. The third kappa shape index (κ3) is 11.0. The van der Waals surface area contributed by atoms with Gasteiger partial charge in [-0.3, -0.25) is 4.79 Å². The number of rotatable bonds is 5. The molecular weight excluding hydrogens is 783 g/mol. The summed E-state index contributed by atoms with van der Waals surface area (Å²) in [5, 5.41) is 6.97. The first-order valence-electron chi connectivity index (χ1n) is 24.2. The quantitative estimate of drug-likeness (QED) is 0.184. The summed E-state index contributed by atoms with van der Waals surface area (Å²) >= 11 is 0. The van der Waals surface area contributed by atoms with E-state index in [0.717, 1.165) is 41.8 Å². The molecule has 6 nitrogen and oxygen atoms in total. The summed E-state index contributed by atoms with van der Waals surface area (Å²) in [6, 6.07) is 44.1. The van der Waals surface area contributed by atoms with Crippen LogP contribution in [-0.2, 0) is 17.6 Å². The Bertz CT molecular complexity index is 2250. The van der Waals surface area contributed by atoms with E-state index in [-0.39, 0.29) is 11.8 Å². The van der Waals surface area contributed by atoms with E-state index in [1.54, 1.807) is 4.90 Å². The maximum Gasteiger partial charge on any atom is 0.234 e. The van der Waals surface area contributed by atoms with Crippen LogP contribution in [0.3, 0.4) is 0 Å². The highest BCUT2D eigenvalue weighted by molar-refractivity contribution is 6.04. The van der Waals surface area contributed by atoms with E-state index >= 15 is 0 Å². The molecule has 0 aliphatic carbocycles. The Morgan fingerprint density at radius 3 is 1.61 bits per heavy atom. The minimum absolute atomic E-state index is 0.0520. The van der Waals surface area contributed by atoms with Crippen LogP contribution in [0.1, 0.15) is 115 Å². The summed E-state index contributed by atoms with van der Waals surface area (Å²) in [5.41, 5.74) is 13.7. The van der Waals surface area contributed by atoms with Crippen LogP contribution >= 0.6 is 0 Å². The second-order valence-electron chi connectivity index (χ2n) is 20.4. The Morgan fingerprint density at radius 2 is 1.03 bits per heavy atom. The third-order valence-corrected chi connectivity index (χ3v) is 14.3. The molecular formula is C58H79N5O. The van der Waals surface area contributed by atoms with Gasteiger partial charge in [-0.15, -0.1) is 0 Å². The number of hydrogen-bond donors (Lipinski definition) is 2. The molecule has 6 heteroatoms. The van der Waals surface area contributed by atoms with Crippen LogP contribution in [0.4, 0.5) is 28.4 Å². The van der Waals surface area contributed by atoms with Gasteiger partial charge in [0.25, 0.3) is 0 Å². The molecule has 5 unspecified atom stereocenters. The van der Waals surface area contributed by atoms with Crippen molar-refractivity contribution in [2.45, 2.75) is 112 Å². The summed E-state index contributed by atoms with van der Waals surface area (Å²) in [6.07, 6.45) is 2.40. The van der Waals surface area contributed by atoms with Crippen LogP contribution in [-0.4, -0.2) is 52.2 Å². The van der Waals surface area contributed by atoms with Crippen LogP contribution in [0.2, 0.25) is 0 Å². The lowest BCUT2D eigenvalue weighted by Crippen LogP contribution is -2.32. The molecule has 5 aromatic rings. The van der Waals surface area contributed by atoms with Crippen LogP contribution in [0, 0.1) is 29.6 Å². The molecule has 1 amide bonds. The van der Waals surface area contributed by atoms with E-state index in [2.05, 4.69) is 207 Å². The highest BCUT2D eigenvalue weighted by Crippen LogP contribution is 2.41. The number of nitrogens with one attached hydrogen (secondary N) is 2. The third-order valence-electron chi connectivity index (χ3n) is 14.3. The van der Waals surface area contributed by atoms with E-state index < -0.39 is 0 Å². The maximum atomic E-state index is 11.9. The van der Waals surface area contributed by atoms with Crippen molar-refractivity contribution < 1.29 is 4.79 Å². The monoisotopic (exact) mass is 862 g/mol. The molecule has 0 spiro atoms. The lowest BCUT2D eigenvalue weighted by molar-refractivity contribution is -0.119. The van der Waals surface area contributed by atoms with Crippen LogP contribution in [0.25, 0.3) is 0 Å². The van der Waals surface area contributed by atoms with Gasteiger partial charge < -0.3 is 25.3 Å². The first-order valence-corrected chi connectivity index (χ1v) is 24.2. The number of anilines is 5. The van der Waals surface area contributed by atoms with E-state index in [0.29, 0.717) is 23.9 Å². The Kier molecular flexibility index (Phi) is 16.3. The van der Waals surface area contributed by atoms with Gasteiger partial charge in [-0.1, -0.05) is 160 Å². The highest BCUT2D eigenvalue weighted by atomic mass is 16.2. The zero-order chi connectivity index (χ0) is 46.2. The van der Waals surface area contributed by atoms with Crippen LogP contribution in [0.5, 0.6) is 0 Å². The van der Waals surface area contributed by atoms with Gasteiger partial charge >= 0.3 is 0 Å². The van der Waals surface area contributed by atoms with Gasteiger partial charge in [-0.2, -0.15) is 0 Å². The predicted molar refractivity (Wildman–Crippen MR) is 277 cm³/mol. The van der Waals surface area contributed by atoms with Gasteiger partial charge in [0, 0.05) is 86.6 Å². The van der Waals surface area contributed by atoms with Gasteiger partial charge in [0.2, 0.25) is 5.91 Å². The molecule has 10 rings (SSSR count). The summed E-state index contributed by atoms with van der Waals surface area (Å²) in [4.78, 5) is 18.5. The zero-order valence-electron chi connectivity index (χ0n) is 41.4. The Morgan fingerprint density at radius 1 is 0.500 bits per heavy atom. The number of hydrogen-bond acceptors (Lipinski definition) is 5. The van der Waals surface area contributed by atoms with Crippen molar-refractivity contribution in [3.8, 4) is 0 Å². The van der Waals surface area contributed by atoms with Gasteiger partial charge in [0.1, 0.15) is 0 Å². The molecule has 5 aliphatic heterocycles. The second-order valence-corrected chi connectivity index (χ2v) is 20.4. The molecule has 5 heterocycles. The molecule has 2 N–H and O–H groups in total. The van der Waals surface area contributed by atoms with E-state index in [4.69, 9.17) is 0 Å². The van der Waals surface area contributed by atoms with Gasteiger partial charge in [0.15, 0.2) is 0 Å². The number of amides is 1. The number of para-hydroxylation sites is 5. The molecule has 5 aliphatic rings. The van der Waals surface area contributed by atoms with E-state index in [9.17, 15) is 4.79 Å². The molecule has 5 atom stereocenters. The SMILES string of the molecule is CC(C)C1C(=O)N(C)c2ccccc21.CC(C)C1CN(C)c2ccccc21.CC(C)C1CNc2ccccc21.CC(C)C1Cc2ccccc2N1.CC(C)C1Cc2ccccc2N1C. The van der Waals surface area contributed by atoms with Crippen molar-refractivity contribution in [3.05, 3.63) is 149 Å². The maximum absolute atomic E-state index is 11.9. The summed E-state index contributed by atoms with van der Waals surface area (Å²) in [7, 11) is 6.24. The first-order chi connectivity index (χ1) is 30.6. The average molecular weight is 862 g/mol. The fourth-order valence-corrected chi connectivity index (χ4v) is 10.3. The van der Waals surface area contributed by atoms with Crippen molar-refractivity contribution in [2.24, 2.45) is 29.6 Å².